The fraction of sp³-hybridized carbons (Fsp3) is 0.267. The van der Waals surface area contributed by atoms with E-state index in [-0.39, 0.29) is 22.1 Å². The number of hydrogen-bond donors (Lipinski definition) is 1. The van der Waals surface area contributed by atoms with Gasteiger partial charge in [0.25, 0.3) is 0 Å². The molecule has 0 aliphatic carbocycles. The molecule has 1 heterocycles. The van der Waals surface area contributed by atoms with Crippen LogP contribution in [0.15, 0.2) is 80.8 Å². The first-order chi connectivity index (χ1) is 18.5. The standard InChI is InChI=1S/C30H31NO7S/c1-6-19(3)28(31-39(34,35)23-13-7-18(2)8-14-23)30(33)37-26-16-15-24-25(17-27(32)38-29(24)20(26)4)21-9-11-22(36-5)12-10-21/h7-17,19,28,31H,6H2,1-5H3/t19-,28+/m1/s1. The van der Waals surface area contributed by atoms with Gasteiger partial charge < -0.3 is 13.9 Å². The molecule has 2 atom stereocenters. The van der Waals surface area contributed by atoms with Gasteiger partial charge in [0.15, 0.2) is 0 Å². The van der Waals surface area contributed by atoms with Gasteiger partial charge in [-0.15, -0.1) is 0 Å². The number of esters is 1. The summed E-state index contributed by atoms with van der Waals surface area (Å²) in [5, 5.41) is 0.663. The highest BCUT2D eigenvalue weighted by atomic mass is 32.2. The number of benzene rings is 3. The third kappa shape index (κ3) is 6.05. The second kappa shape index (κ2) is 11.4. The van der Waals surface area contributed by atoms with Crippen LogP contribution >= 0.6 is 0 Å². The first kappa shape index (κ1) is 28.1. The first-order valence-corrected chi connectivity index (χ1v) is 14.0. The third-order valence-corrected chi connectivity index (χ3v) is 8.26. The summed E-state index contributed by atoms with van der Waals surface area (Å²) in [4.78, 5) is 25.8. The van der Waals surface area contributed by atoms with E-state index >= 15 is 0 Å². The van der Waals surface area contributed by atoms with Gasteiger partial charge in [0.1, 0.15) is 23.1 Å². The maximum absolute atomic E-state index is 13.3. The van der Waals surface area contributed by atoms with Gasteiger partial charge in [-0.1, -0.05) is 50.1 Å². The molecule has 3 aromatic carbocycles. The number of sulfonamides is 1. The minimum Gasteiger partial charge on any atom is -0.497 e. The van der Waals surface area contributed by atoms with Crippen molar-refractivity contribution in [3.8, 4) is 22.6 Å². The zero-order valence-electron chi connectivity index (χ0n) is 22.5. The maximum atomic E-state index is 13.3. The highest BCUT2D eigenvalue weighted by molar-refractivity contribution is 7.89. The molecule has 8 nitrogen and oxygen atoms in total. The van der Waals surface area contributed by atoms with E-state index in [4.69, 9.17) is 13.9 Å². The van der Waals surface area contributed by atoms with Crippen LogP contribution in [0.2, 0.25) is 0 Å². The summed E-state index contributed by atoms with van der Waals surface area (Å²) in [5.41, 5.74) is 2.54. The molecule has 0 saturated carbocycles. The van der Waals surface area contributed by atoms with Crippen LogP contribution < -0.4 is 19.8 Å². The second-order valence-electron chi connectivity index (χ2n) is 9.49. The third-order valence-electron chi connectivity index (χ3n) is 6.80. The van der Waals surface area contributed by atoms with Gasteiger partial charge in [0.2, 0.25) is 10.0 Å². The van der Waals surface area contributed by atoms with Gasteiger partial charge in [0, 0.05) is 17.0 Å². The zero-order valence-corrected chi connectivity index (χ0v) is 23.3. The molecule has 0 aliphatic heterocycles. The number of hydrogen-bond acceptors (Lipinski definition) is 7. The van der Waals surface area contributed by atoms with Crippen molar-refractivity contribution in [1.82, 2.24) is 4.72 Å². The Morgan fingerprint density at radius 2 is 1.67 bits per heavy atom. The summed E-state index contributed by atoms with van der Waals surface area (Å²) in [5.74, 6) is -0.245. The molecule has 0 fully saturated rings. The highest BCUT2D eigenvalue weighted by Crippen LogP contribution is 2.34. The summed E-state index contributed by atoms with van der Waals surface area (Å²) < 4.78 is 45.1. The first-order valence-electron chi connectivity index (χ1n) is 12.6. The molecule has 0 radical (unpaired) electrons. The Balaban J connectivity index is 1.67. The van der Waals surface area contributed by atoms with E-state index in [9.17, 15) is 18.0 Å². The van der Waals surface area contributed by atoms with E-state index < -0.39 is 27.7 Å². The van der Waals surface area contributed by atoms with Crippen LogP contribution in [-0.2, 0) is 14.8 Å². The Labute approximate surface area is 227 Å². The summed E-state index contributed by atoms with van der Waals surface area (Å²) in [6.45, 7) is 7.18. The molecule has 4 aromatic rings. The number of fused-ring (bicyclic) bond motifs is 1. The predicted molar refractivity (Wildman–Crippen MR) is 150 cm³/mol. The Hall–Kier alpha value is -3.95. The average Bonchev–Trinajstić information content (AvgIpc) is 2.93. The number of carbonyl (C=O) groups excluding carboxylic acids is 1. The van der Waals surface area contributed by atoms with E-state index in [1.807, 2.05) is 26.0 Å². The van der Waals surface area contributed by atoms with Crippen LogP contribution in [0.5, 0.6) is 11.5 Å². The Morgan fingerprint density at radius 3 is 2.28 bits per heavy atom. The van der Waals surface area contributed by atoms with Crippen molar-refractivity contribution in [2.75, 3.05) is 7.11 Å². The summed E-state index contributed by atoms with van der Waals surface area (Å²) in [7, 11) is -2.40. The van der Waals surface area contributed by atoms with Gasteiger partial charge >= 0.3 is 11.6 Å². The molecule has 0 saturated heterocycles. The van der Waals surface area contributed by atoms with Gasteiger partial charge in [-0.3, -0.25) is 0 Å². The highest BCUT2D eigenvalue weighted by Gasteiger charge is 2.32. The fourth-order valence-corrected chi connectivity index (χ4v) is 5.51. The van der Waals surface area contributed by atoms with Gasteiger partial charge in [0.05, 0.1) is 12.0 Å². The van der Waals surface area contributed by atoms with Gasteiger partial charge in [-0.2, -0.15) is 4.72 Å². The summed E-state index contributed by atoms with van der Waals surface area (Å²) >= 11 is 0. The van der Waals surface area contributed by atoms with Crippen LogP contribution in [-0.4, -0.2) is 27.5 Å². The molecule has 39 heavy (non-hydrogen) atoms. The van der Waals surface area contributed by atoms with Gasteiger partial charge in [-0.25, -0.2) is 18.0 Å². The normalized spacial score (nSPS) is 13.2. The number of rotatable bonds is 9. The van der Waals surface area contributed by atoms with Crippen molar-refractivity contribution >= 4 is 27.0 Å². The maximum Gasteiger partial charge on any atom is 0.336 e. The van der Waals surface area contributed by atoms with Crippen LogP contribution in [0.4, 0.5) is 0 Å². The van der Waals surface area contributed by atoms with Crippen molar-refractivity contribution in [3.63, 3.8) is 0 Å². The number of ether oxygens (including phenoxy) is 2. The molecular weight excluding hydrogens is 518 g/mol. The smallest absolute Gasteiger partial charge is 0.336 e. The monoisotopic (exact) mass is 549 g/mol. The number of methoxy groups -OCH3 is 1. The molecule has 0 bridgehead atoms. The molecule has 0 spiro atoms. The van der Waals surface area contributed by atoms with E-state index in [1.165, 1.54) is 18.2 Å². The fourth-order valence-electron chi connectivity index (χ4n) is 4.22. The van der Waals surface area contributed by atoms with Crippen molar-refractivity contribution in [2.24, 2.45) is 5.92 Å². The molecule has 1 aromatic heterocycles. The van der Waals surface area contributed by atoms with Crippen molar-refractivity contribution in [3.05, 3.63) is 88.3 Å². The molecule has 9 heteroatoms. The Morgan fingerprint density at radius 1 is 1.00 bits per heavy atom. The molecule has 0 aliphatic rings. The zero-order chi connectivity index (χ0) is 28.3. The number of aryl methyl sites for hydroxylation is 2. The summed E-state index contributed by atoms with van der Waals surface area (Å²) in [6.07, 6.45) is 0.535. The van der Waals surface area contributed by atoms with Gasteiger partial charge in [-0.05, 0) is 67.3 Å². The number of carbonyl (C=O) groups is 1. The van der Waals surface area contributed by atoms with E-state index in [2.05, 4.69) is 4.72 Å². The van der Waals surface area contributed by atoms with Crippen LogP contribution in [0.3, 0.4) is 0 Å². The summed E-state index contributed by atoms with van der Waals surface area (Å²) in [6, 6.07) is 17.3. The minimum absolute atomic E-state index is 0.0592. The molecule has 0 unspecified atom stereocenters. The Kier molecular flexibility index (Phi) is 8.22. The van der Waals surface area contributed by atoms with E-state index in [0.717, 1.165) is 11.1 Å². The average molecular weight is 550 g/mol. The predicted octanol–water partition coefficient (Wildman–Crippen LogP) is 5.38. The van der Waals surface area contributed by atoms with Crippen LogP contribution in [0.1, 0.15) is 31.4 Å². The molecular formula is C30H31NO7S. The van der Waals surface area contributed by atoms with Crippen LogP contribution in [0, 0.1) is 19.8 Å². The van der Waals surface area contributed by atoms with Crippen molar-refractivity contribution in [1.29, 1.82) is 0 Å². The second-order valence-corrected chi connectivity index (χ2v) is 11.2. The lowest BCUT2D eigenvalue weighted by molar-refractivity contribution is -0.137. The molecule has 204 valence electrons. The minimum atomic E-state index is -3.98. The van der Waals surface area contributed by atoms with E-state index in [0.29, 0.717) is 28.7 Å². The van der Waals surface area contributed by atoms with E-state index in [1.54, 1.807) is 57.4 Å². The molecule has 4 rings (SSSR count). The van der Waals surface area contributed by atoms with Crippen LogP contribution in [0.25, 0.3) is 22.1 Å². The lowest BCUT2D eigenvalue weighted by Gasteiger charge is -2.23. The lowest BCUT2D eigenvalue weighted by atomic mass is 9.99. The number of nitrogens with one attached hydrogen (secondary N) is 1. The van der Waals surface area contributed by atoms with Crippen molar-refractivity contribution in [2.45, 2.75) is 45.1 Å². The molecule has 0 amide bonds. The largest absolute Gasteiger partial charge is 0.497 e. The Bertz CT molecular complexity index is 1660. The SMILES string of the molecule is CC[C@@H](C)[C@H](NS(=O)(=O)c1ccc(C)cc1)C(=O)Oc1ccc2c(-c3ccc(OC)cc3)cc(=O)oc2c1C. The quantitative estimate of drug-likeness (QED) is 0.169. The topological polar surface area (TPSA) is 112 Å². The lowest BCUT2D eigenvalue weighted by Crippen LogP contribution is -2.47. The molecule has 1 N–H and O–H groups in total. The van der Waals surface area contributed by atoms with Crippen molar-refractivity contribution < 1.29 is 27.1 Å².